The molecule has 1 N–H and O–H groups in total. The smallest absolute Gasteiger partial charge is 0.0468 e. The fourth-order valence-electron chi connectivity index (χ4n) is 3.27. The minimum atomic E-state index is 0.349. The van der Waals surface area contributed by atoms with Crippen LogP contribution in [0.4, 0.5) is 0 Å². The van der Waals surface area contributed by atoms with Crippen LogP contribution in [-0.2, 0) is 6.54 Å². The zero-order valence-corrected chi connectivity index (χ0v) is 14.0. The fraction of sp³-hybridized carbons (Fsp3) is 0.375. The lowest BCUT2D eigenvalue weighted by Gasteiger charge is -2.37. The van der Waals surface area contributed by atoms with Crippen LogP contribution in [0.3, 0.4) is 0 Å². The van der Waals surface area contributed by atoms with E-state index < -0.39 is 0 Å². The maximum atomic E-state index is 9.29. The summed E-state index contributed by atoms with van der Waals surface area (Å²) in [6.07, 6.45) is 7.24. The van der Waals surface area contributed by atoms with Crippen molar-refractivity contribution in [2.45, 2.75) is 18.9 Å². The van der Waals surface area contributed by atoms with Crippen molar-refractivity contribution >= 4 is 35.2 Å². The van der Waals surface area contributed by atoms with Crippen molar-refractivity contribution in [1.29, 1.82) is 0 Å². The highest BCUT2D eigenvalue weighted by atomic mass is 35.5. The first kappa shape index (κ1) is 15.4. The minimum absolute atomic E-state index is 0.349. The lowest BCUT2D eigenvalue weighted by atomic mass is 9.78. The summed E-state index contributed by atoms with van der Waals surface area (Å²) in [6.45, 7) is 1.83. The van der Waals surface area contributed by atoms with E-state index in [1.54, 1.807) is 0 Å². The number of hydrogen-bond donors (Lipinski definition) is 1. The van der Waals surface area contributed by atoms with Crippen LogP contribution in [0, 0.1) is 5.92 Å². The van der Waals surface area contributed by atoms with Gasteiger partial charge >= 0.3 is 0 Å². The molecule has 5 heteroatoms. The molecular weight excluding hydrogens is 325 g/mol. The number of likely N-dealkylation sites (N-methyl/N-ethyl adjacent to an activating group) is 1. The quantitative estimate of drug-likeness (QED) is 0.749. The van der Waals surface area contributed by atoms with Gasteiger partial charge in [0, 0.05) is 46.0 Å². The Morgan fingerprint density at radius 2 is 2.14 bits per heavy atom. The summed E-state index contributed by atoms with van der Waals surface area (Å²) in [6, 6.07) is 3.88. The van der Waals surface area contributed by atoms with Crippen LogP contribution >= 0.6 is 35.2 Å². The molecule has 0 saturated heterocycles. The van der Waals surface area contributed by atoms with Gasteiger partial charge in [-0.2, -0.15) is 0 Å². The molecule has 2 aliphatic rings. The Balaban J connectivity index is 2.01. The van der Waals surface area contributed by atoms with Gasteiger partial charge in [-0.15, -0.1) is 0 Å². The van der Waals surface area contributed by atoms with E-state index in [0.717, 1.165) is 41.5 Å². The fourth-order valence-corrected chi connectivity index (χ4v) is 4.23. The first-order valence-corrected chi connectivity index (χ1v) is 8.47. The van der Waals surface area contributed by atoms with Crippen LogP contribution in [0.5, 0.6) is 0 Å². The standard InChI is InChI=1S/C16H17Cl2NOS/c1-19-8-14(10-3-2-4-12(5-10)21-20)13-6-11(17)7-16(18)15(13)9-19/h2,4-7,10,14,20H,3,8-9H2,1H3/t10?,14-/m0/s1. The van der Waals surface area contributed by atoms with Gasteiger partial charge in [-0.05, 0) is 42.6 Å². The van der Waals surface area contributed by atoms with E-state index in [1.165, 1.54) is 11.1 Å². The maximum absolute atomic E-state index is 9.29. The molecule has 0 saturated carbocycles. The first-order valence-electron chi connectivity index (χ1n) is 6.94. The highest BCUT2D eigenvalue weighted by Crippen LogP contribution is 2.41. The van der Waals surface area contributed by atoms with Gasteiger partial charge < -0.3 is 9.45 Å². The summed E-state index contributed by atoms with van der Waals surface area (Å²) >= 11 is 13.4. The molecule has 1 aromatic rings. The monoisotopic (exact) mass is 341 g/mol. The second kappa shape index (κ2) is 6.35. The van der Waals surface area contributed by atoms with E-state index in [4.69, 9.17) is 23.2 Å². The molecule has 0 radical (unpaired) electrons. The number of rotatable bonds is 2. The van der Waals surface area contributed by atoms with Crippen molar-refractivity contribution in [2.24, 2.45) is 5.92 Å². The minimum Gasteiger partial charge on any atom is -0.325 e. The van der Waals surface area contributed by atoms with Gasteiger partial charge in [-0.25, -0.2) is 0 Å². The second-order valence-electron chi connectivity index (χ2n) is 5.72. The summed E-state index contributed by atoms with van der Waals surface area (Å²) in [7, 11) is 2.12. The van der Waals surface area contributed by atoms with Crippen molar-refractivity contribution in [3.05, 3.63) is 56.4 Å². The summed E-state index contributed by atoms with van der Waals surface area (Å²) < 4.78 is 9.29. The van der Waals surface area contributed by atoms with Gasteiger partial charge in [-0.1, -0.05) is 41.4 Å². The Labute approximate surface area is 139 Å². The summed E-state index contributed by atoms with van der Waals surface area (Å²) in [5.41, 5.74) is 2.44. The van der Waals surface area contributed by atoms with Crippen LogP contribution < -0.4 is 0 Å². The molecule has 2 atom stereocenters. The molecule has 112 valence electrons. The number of fused-ring (bicyclic) bond motifs is 1. The van der Waals surface area contributed by atoms with E-state index in [2.05, 4.69) is 30.2 Å². The molecule has 2 nitrogen and oxygen atoms in total. The molecule has 1 aliphatic heterocycles. The second-order valence-corrected chi connectivity index (χ2v) is 7.22. The number of halogens is 2. The topological polar surface area (TPSA) is 23.5 Å². The molecule has 1 aliphatic carbocycles. The summed E-state index contributed by atoms with van der Waals surface area (Å²) in [5, 5.41) is 1.45. The van der Waals surface area contributed by atoms with Crippen molar-refractivity contribution in [2.75, 3.05) is 13.6 Å². The highest BCUT2D eigenvalue weighted by molar-refractivity contribution is 7.97. The van der Waals surface area contributed by atoms with Gasteiger partial charge in [0.05, 0.1) is 0 Å². The van der Waals surface area contributed by atoms with Gasteiger partial charge in [-0.3, -0.25) is 0 Å². The molecule has 0 aromatic heterocycles. The first-order chi connectivity index (χ1) is 10.1. The van der Waals surface area contributed by atoms with Gasteiger partial charge in [0.1, 0.15) is 0 Å². The Kier molecular flexibility index (Phi) is 4.67. The van der Waals surface area contributed by atoms with E-state index in [0.29, 0.717) is 16.9 Å². The zero-order valence-electron chi connectivity index (χ0n) is 11.7. The normalized spacial score (nSPS) is 25.6. The Morgan fingerprint density at radius 3 is 2.90 bits per heavy atom. The average molecular weight is 342 g/mol. The molecule has 0 spiro atoms. The molecule has 1 heterocycles. The predicted molar refractivity (Wildman–Crippen MR) is 91.1 cm³/mol. The largest absolute Gasteiger partial charge is 0.325 e. The van der Waals surface area contributed by atoms with Crippen molar-refractivity contribution in [3.8, 4) is 0 Å². The van der Waals surface area contributed by atoms with Gasteiger partial charge in [0.15, 0.2) is 0 Å². The molecule has 3 rings (SSSR count). The molecule has 21 heavy (non-hydrogen) atoms. The van der Waals surface area contributed by atoms with E-state index >= 15 is 0 Å². The third kappa shape index (κ3) is 3.17. The Bertz CT molecular complexity index is 615. The lowest BCUT2D eigenvalue weighted by molar-refractivity contribution is 0.255. The molecule has 0 fully saturated rings. The SMILES string of the molecule is CN1Cc2c(Cl)cc(Cl)cc2[C@H](C2C=C(SO)C=CC2)C1. The van der Waals surface area contributed by atoms with Crippen LogP contribution in [0.15, 0.2) is 35.3 Å². The summed E-state index contributed by atoms with van der Waals surface area (Å²) in [5.74, 6) is 0.711. The maximum Gasteiger partial charge on any atom is 0.0468 e. The highest BCUT2D eigenvalue weighted by Gasteiger charge is 2.31. The van der Waals surface area contributed by atoms with E-state index in [1.807, 2.05) is 12.1 Å². The molecule has 1 aromatic carbocycles. The van der Waals surface area contributed by atoms with E-state index in [-0.39, 0.29) is 0 Å². The Hall–Kier alpha value is -0.450. The zero-order chi connectivity index (χ0) is 15.0. The number of hydrogen-bond acceptors (Lipinski definition) is 3. The van der Waals surface area contributed by atoms with Crippen molar-refractivity contribution in [1.82, 2.24) is 4.90 Å². The third-order valence-corrected chi connectivity index (χ3v) is 5.26. The predicted octanol–water partition coefficient (Wildman–Crippen LogP) is 5.19. The van der Waals surface area contributed by atoms with Crippen LogP contribution in [0.25, 0.3) is 0 Å². The lowest BCUT2D eigenvalue weighted by Crippen LogP contribution is -2.34. The number of nitrogens with zero attached hydrogens (tertiary/aromatic N) is 1. The Morgan fingerprint density at radius 1 is 1.33 bits per heavy atom. The molecule has 1 unspecified atom stereocenters. The number of allylic oxidation sites excluding steroid dienone is 3. The van der Waals surface area contributed by atoms with Gasteiger partial charge in [0.25, 0.3) is 0 Å². The average Bonchev–Trinajstić information content (AvgIpc) is 2.47. The van der Waals surface area contributed by atoms with Crippen molar-refractivity contribution < 1.29 is 4.55 Å². The molecule has 0 amide bonds. The van der Waals surface area contributed by atoms with Crippen LogP contribution in [0.2, 0.25) is 10.0 Å². The molecular formula is C16H17Cl2NOS. The van der Waals surface area contributed by atoms with E-state index in [9.17, 15) is 4.55 Å². The van der Waals surface area contributed by atoms with Gasteiger partial charge in [0.2, 0.25) is 0 Å². The van der Waals surface area contributed by atoms with Crippen molar-refractivity contribution in [3.63, 3.8) is 0 Å². The number of benzene rings is 1. The molecule has 0 bridgehead atoms. The van der Waals surface area contributed by atoms with Crippen LogP contribution in [0.1, 0.15) is 23.5 Å². The van der Waals surface area contributed by atoms with Crippen LogP contribution in [-0.4, -0.2) is 23.0 Å². The third-order valence-electron chi connectivity index (χ3n) is 4.22. The summed E-state index contributed by atoms with van der Waals surface area (Å²) in [4.78, 5) is 3.21.